The van der Waals surface area contributed by atoms with Gasteiger partial charge in [-0.3, -0.25) is 14.2 Å². The molecule has 2 aromatic rings. The number of benzene rings is 1. The molecule has 1 aromatic heterocycles. The standard InChI is InChI=1S/C20H27N3O3S/c1-3-14(4-2)21-18(24)13-27-20-22-17-10-6-5-9-16(17)19(25)23(20)12-15-8-7-11-26-15/h5-6,9-10,14-15H,3-4,7-8,11-13H2,1-2H3,(H,21,24). The van der Waals surface area contributed by atoms with Crippen molar-refractivity contribution < 1.29 is 9.53 Å². The molecule has 0 radical (unpaired) electrons. The van der Waals surface area contributed by atoms with Gasteiger partial charge in [0.05, 0.1) is 29.3 Å². The van der Waals surface area contributed by atoms with Gasteiger partial charge >= 0.3 is 0 Å². The molecule has 1 N–H and O–H groups in total. The lowest BCUT2D eigenvalue weighted by molar-refractivity contribution is -0.119. The molecular weight excluding hydrogens is 362 g/mol. The van der Waals surface area contributed by atoms with Crippen molar-refractivity contribution >= 4 is 28.6 Å². The molecule has 27 heavy (non-hydrogen) atoms. The van der Waals surface area contributed by atoms with Crippen LogP contribution < -0.4 is 10.9 Å². The van der Waals surface area contributed by atoms with Gasteiger partial charge in [-0.05, 0) is 37.8 Å². The monoisotopic (exact) mass is 389 g/mol. The summed E-state index contributed by atoms with van der Waals surface area (Å²) in [7, 11) is 0. The number of ether oxygens (including phenoxy) is 1. The zero-order chi connectivity index (χ0) is 19.2. The van der Waals surface area contributed by atoms with Crippen LogP contribution in [0.4, 0.5) is 0 Å². The van der Waals surface area contributed by atoms with Crippen LogP contribution in [-0.2, 0) is 16.1 Å². The first kappa shape index (κ1) is 19.9. The molecule has 1 atom stereocenters. The number of nitrogens with one attached hydrogen (secondary N) is 1. The number of carbonyl (C=O) groups excluding carboxylic acids is 1. The average Bonchev–Trinajstić information content (AvgIpc) is 3.20. The summed E-state index contributed by atoms with van der Waals surface area (Å²) < 4.78 is 7.38. The zero-order valence-corrected chi connectivity index (χ0v) is 16.8. The molecule has 1 fully saturated rings. The van der Waals surface area contributed by atoms with Gasteiger partial charge in [0, 0.05) is 12.6 Å². The van der Waals surface area contributed by atoms with Crippen molar-refractivity contribution in [2.45, 2.75) is 63.4 Å². The number of fused-ring (bicyclic) bond motifs is 1. The van der Waals surface area contributed by atoms with Gasteiger partial charge in [-0.15, -0.1) is 0 Å². The summed E-state index contributed by atoms with van der Waals surface area (Å²) in [5.41, 5.74) is 0.591. The number of hydrogen-bond acceptors (Lipinski definition) is 5. The number of para-hydroxylation sites is 1. The predicted molar refractivity (Wildman–Crippen MR) is 108 cm³/mol. The normalized spacial score (nSPS) is 16.9. The molecule has 6 nitrogen and oxygen atoms in total. The van der Waals surface area contributed by atoms with E-state index in [1.165, 1.54) is 11.8 Å². The number of thioether (sulfide) groups is 1. The van der Waals surface area contributed by atoms with Gasteiger partial charge in [0.15, 0.2) is 5.16 Å². The number of aromatic nitrogens is 2. The second kappa shape index (κ2) is 9.37. The van der Waals surface area contributed by atoms with Gasteiger partial charge in [0.1, 0.15) is 0 Å². The number of carbonyl (C=O) groups is 1. The molecule has 0 aliphatic carbocycles. The summed E-state index contributed by atoms with van der Waals surface area (Å²) in [5.74, 6) is 0.215. The van der Waals surface area contributed by atoms with Crippen LogP contribution in [0, 0.1) is 0 Å². The van der Waals surface area contributed by atoms with E-state index in [2.05, 4.69) is 24.1 Å². The molecule has 1 unspecified atom stereocenters. The Hall–Kier alpha value is -1.86. The number of rotatable bonds is 8. The average molecular weight is 390 g/mol. The summed E-state index contributed by atoms with van der Waals surface area (Å²) >= 11 is 1.31. The molecule has 0 bridgehead atoms. The topological polar surface area (TPSA) is 73.2 Å². The summed E-state index contributed by atoms with van der Waals surface area (Å²) in [6.45, 7) is 5.34. The van der Waals surface area contributed by atoms with Crippen LogP contribution in [0.25, 0.3) is 10.9 Å². The molecule has 7 heteroatoms. The number of amides is 1. The SMILES string of the molecule is CCC(CC)NC(=O)CSc1nc2ccccc2c(=O)n1CC1CCCO1. The van der Waals surface area contributed by atoms with Crippen molar-refractivity contribution in [3.8, 4) is 0 Å². The van der Waals surface area contributed by atoms with Gasteiger partial charge in [-0.1, -0.05) is 37.7 Å². The van der Waals surface area contributed by atoms with Crippen molar-refractivity contribution in [2.24, 2.45) is 0 Å². The van der Waals surface area contributed by atoms with Crippen LogP contribution in [0.2, 0.25) is 0 Å². The molecule has 1 saturated heterocycles. The molecule has 1 aromatic carbocycles. The minimum atomic E-state index is -0.0704. The van der Waals surface area contributed by atoms with Crippen LogP contribution in [0.15, 0.2) is 34.2 Å². The fourth-order valence-corrected chi connectivity index (χ4v) is 4.12. The van der Waals surface area contributed by atoms with Crippen molar-refractivity contribution in [2.75, 3.05) is 12.4 Å². The quantitative estimate of drug-likeness (QED) is 0.555. The van der Waals surface area contributed by atoms with Crippen molar-refractivity contribution in [3.05, 3.63) is 34.6 Å². The molecule has 3 rings (SSSR count). The Balaban J connectivity index is 1.83. The Morgan fingerprint density at radius 3 is 2.85 bits per heavy atom. The van der Waals surface area contributed by atoms with Crippen LogP contribution >= 0.6 is 11.8 Å². The van der Waals surface area contributed by atoms with Crippen LogP contribution in [0.5, 0.6) is 0 Å². The molecular formula is C20H27N3O3S. The van der Waals surface area contributed by atoms with E-state index in [0.29, 0.717) is 22.6 Å². The molecule has 146 valence electrons. The molecule has 1 aliphatic heterocycles. The Bertz CT molecular complexity index is 842. The third-order valence-corrected chi connectivity index (χ3v) is 5.90. The van der Waals surface area contributed by atoms with Gasteiger partial charge in [-0.2, -0.15) is 0 Å². The fourth-order valence-electron chi connectivity index (χ4n) is 3.30. The minimum Gasteiger partial charge on any atom is -0.376 e. The third kappa shape index (κ3) is 4.90. The first-order valence-corrected chi connectivity index (χ1v) is 10.6. The zero-order valence-electron chi connectivity index (χ0n) is 15.9. The summed E-state index contributed by atoms with van der Waals surface area (Å²) in [5, 5.41) is 4.21. The van der Waals surface area contributed by atoms with Crippen LogP contribution in [0.1, 0.15) is 39.5 Å². The van der Waals surface area contributed by atoms with E-state index in [0.717, 1.165) is 32.3 Å². The van der Waals surface area contributed by atoms with Gasteiger partial charge in [0.25, 0.3) is 5.56 Å². The highest BCUT2D eigenvalue weighted by atomic mass is 32.2. The van der Waals surface area contributed by atoms with Crippen LogP contribution in [0.3, 0.4) is 0 Å². The Morgan fingerprint density at radius 1 is 1.37 bits per heavy atom. The molecule has 0 spiro atoms. The molecule has 0 saturated carbocycles. The van der Waals surface area contributed by atoms with Crippen molar-refractivity contribution in [1.82, 2.24) is 14.9 Å². The first-order valence-electron chi connectivity index (χ1n) is 9.65. The number of hydrogen-bond donors (Lipinski definition) is 1. The van der Waals surface area contributed by atoms with E-state index in [1.807, 2.05) is 18.2 Å². The smallest absolute Gasteiger partial charge is 0.262 e. The lowest BCUT2D eigenvalue weighted by atomic mass is 10.2. The second-order valence-electron chi connectivity index (χ2n) is 6.83. The summed E-state index contributed by atoms with van der Waals surface area (Å²) in [6, 6.07) is 7.54. The summed E-state index contributed by atoms with van der Waals surface area (Å²) in [4.78, 5) is 29.9. The largest absolute Gasteiger partial charge is 0.376 e. The highest BCUT2D eigenvalue weighted by molar-refractivity contribution is 7.99. The van der Waals surface area contributed by atoms with Gasteiger partial charge < -0.3 is 10.1 Å². The Labute approximate surface area is 163 Å². The Kier molecular flexibility index (Phi) is 6.90. The minimum absolute atomic E-state index is 0.0280. The maximum atomic E-state index is 13.0. The Morgan fingerprint density at radius 2 is 2.15 bits per heavy atom. The lowest BCUT2D eigenvalue weighted by Gasteiger charge is -2.17. The second-order valence-corrected chi connectivity index (χ2v) is 7.77. The molecule has 1 amide bonds. The van der Waals surface area contributed by atoms with E-state index < -0.39 is 0 Å². The highest BCUT2D eigenvalue weighted by Gasteiger charge is 2.21. The third-order valence-electron chi connectivity index (χ3n) is 4.92. The van der Waals surface area contributed by atoms with E-state index in [4.69, 9.17) is 4.74 Å². The molecule has 2 heterocycles. The first-order chi connectivity index (χ1) is 13.1. The van der Waals surface area contributed by atoms with Crippen LogP contribution in [-0.4, -0.2) is 40.0 Å². The van der Waals surface area contributed by atoms with E-state index in [1.54, 1.807) is 10.6 Å². The van der Waals surface area contributed by atoms with E-state index >= 15 is 0 Å². The highest BCUT2D eigenvalue weighted by Crippen LogP contribution is 2.21. The maximum Gasteiger partial charge on any atom is 0.262 e. The van der Waals surface area contributed by atoms with E-state index in [-0.39, 0.29) is 29.4 Å². The molecule has 1 aliphatic rings. The lowest BCUT2D eigenvalue weighted by Crippen LogP contribution is -2.35. The van der Waals surface area contributed by atoms with Crippen molar-refractivity contribution in [1.29, 1.82) is 0 Å². The fraction of sp³-hybridized carbons (Fsp3) is 0.550. The van der Waals surface area contributed by atoms with Gasteiger partial charge in [0.2, 0.25) is 5.91 Å². The predicted octanol–water partition coefficient (Wildman–Crippen LogP) is 2.97. The number of nitrogens with zero attached hydrogens (tertiary/aromatic N) is 2. The summed E-state index contributed by atoms with van der Waals surface area (Å²) in [6.07, 6.45) is 3.80. The van der Waals surface area contributed by atoms with Crippen molar-refractivity contribution in [3.63, 3.8) is 0 Å². The van der Waals surface area contributed by atoms with Gasteiger partial charge in [-0.25, -0.2) is 4.98 Å². The van der Waals surface area contributed by atoms with E-state index in [9.17, 15) is 9.59 Å². The maximum absolute atomic E-state index is 13.0.